The average Bonchev–Trinajstić information content (AvgIpc) is 3.78. The van der Waals surface area contributed by atoms with Crippen LogP contribution in [-0.2, 0) is 23.1 Å². The summed E-state index contributed by atoms with van der Waals surface area (Å²) in [7, 11) is 6.82. The molecule has 1 saturated heterocycles. The van der Waals surface area contributed by atoms with Crippen molar-refractivity contribution in [1.29, 1.82) is 10.7 Å². The van der Waals surface area contributed by atoms with Crippen LogP contribution in [0.4, 0.5) is 10.1 Å². The Morgan fingerprint density at radius 2 is 1.49 bits per heavy atom. The first-order chi connectivity index (χ1) is 23.4. The number of carbonyl (C=O) groups excluding carboxylic acids is 3. The molecule has 0 bridgehead atoms. The average molecular weight is 664 g/mol. The van der Waals surface area contributed by atoms with E-state index in [0.29, 0.717) is 48.5 Å². The number of nitrogens with one attached hydrogen (secondary N) is 3. The highest BCUT2D eigenvalue weighted by Crippen LogP contribution is 2.48. The summed E-state index contributed by atoms with van der Waals surface area (Å²) in [6.07, 6.45) is 3.17. The van der Waals surface area contributed by atoms with Gasteiger partial charge in [0, 0.05) is 51.0 Å². The van der Waals surface area contributed by atoms with Crippen molar-refractivity contribution in [1.82, 2.24) is 20.0 Å². The zero-order valence-corrected chi connectivity index (χ0v) is 28.3. The SMILES string of the molecule is CN(C)C(=O)c1ccc2c(c1)CCc1cc(C(=O)N(C)C)ccc1C2(CCNCC(=O)N1[C@H](C#N)C[C@@H]2C[C@@H]21)C(=N)Nc1ccc(F)cc1. The predicted octanol–water partition coefficient (Wildman–Crippen LogP) is 4.20. The Labute approximate surface area is 286 Å². The van der Waals surface area contributed by atoms with Gasteiger partial charge in [0.25, 0.3) is 11.8 Å². The maximum Gasteiger partial charge on any atom is 0.253 e. The van der Waals surface area contributed by atoms with Gasteiger partial charge in [-0.3, -0.25) is 19.8 Å². The second-order valence-corrected chi connectivity index (χ2v) is 13.7. The number of rotatable bonds is 9. The minimum Gasteiger partial charge on any atom is -0.345 e. The molecule has 3 atom stereocenters. The van der Waals surface area contributed by atoms with E-state index in [4.69, 9.17) is 0 Å². The van der Waals surface area contributed by atoms with Crippen molar-refractivity contribution in [3.05, 3.63) is 99.9 Å². The van der Waals surface area contributed by atoms with Crippen molar-refractivity contribution in [3.63, 3.8) is 0 Å². The van der Waals surface area contributed by atoms with Gasteiger partial charge in [-0.2, -0.15) is 5.26 Å². The Morgan fingerprint density at radius 1 is 0.918 bits per heavy atom. The number of hydrogen-bond donors (Lipinski definition) is 3. The number of amidine groups is 1. The van der Waals surface area contributed by atoms with Crippen LogP contribution in [-0.4, -0.2) is 91.6 Å². The highest BCUT2D eigenvalue weighted by atomic mass is 19.1. The van der Waals surface area contributed by atoms with Gasteiger partial charge in [0.05, 0.1) is 18.0 Å². The van der Waals surface area contributed by atoms with Crippen LogP contribution >= 0.6 is 0 Å². The molecule has 254 valence electrons. The van der Waals surface area contributed by atoms with Gasteiger partial charge in [-0.05, 0) is 115 Å². The maximum absolute atomic E-state index is 13.9. The lowest BCUT2D eigenvalue weighted by atomic mass is 9.68. The number of halogens is 1. The molecule has 2 aliphatic carbocycles. The van der Waals surface area contributed by atoms with Gasteiger partial charge in [-0.15, -0.1) is 0 Å². The van der Waals surface area contributed by atoms with Gasteiger partial charge in [-0.1, -0.05) is 12.1 Å². The van der Waals surface area contributed by atoms with Crippen molar-refractivity contribution < 1.29 is 18.8 Å². The second kappa shape index (κ2) is 13.4. The van der Waals surface area contributed by atoms with Crippen LogP contribution in [0.1, 0.15) is 62.2 Å². The van der Waals surface area contributed by atoms with Crippen molar-refractivity contribution >= 4 is 29.2 Å². The summed E-state index contributed by atoms with van der Waals surface area (Å²) in [4.78, 5) is 44.2. The smallest absolute Gasteiger partial charge is 0.253 e. The molecular weight excluding hydrogens is 621 g/mol. The summed E-state index contributed by atoms with van der Waals surface area (Å²) in [6.45, 7) is 0.399. The van der Waals surface area contributed by atoms with E-state index >= 15 is 0 Å². The van der Waals surface area contributed by atoms with Crippen LogP contribution in [0.5, 0.6) is 0 Å². The molecule has 0 unspecified atom stereocenters. The molecule has 10 nitrogen and oxygen atoms in total. The first kappa shape index (κ1) is 33.8. The van der Waals surface area contributed by atoms with Crippen LogP contribution in [0.15, 0.2) is 60.7 Å². The second-order valence-electron chi connectivity index (χ2n) is 13.7. The molecule has 0 radical (unpaired) electrons. The normalized spacial score (nSPS) is 19.8. The summed E-state index contributed by atoms with van der Waals surface area (Å²) in [5.41, 5.74) is 3.98. The van der Waals surface area contributed by atoms with E-state index in [9.17, 15) is 29.4 Å². The first-order valence-electron chi connectivity index (χ1n) is 16.7. The molecule has 1 saturated carbocycles. The molecule has 1 heterocycles. The van der Waals surface area contributed by atoms with Gasteiger partial charge in [0.1, 0.15) is 17.7 Å². The third-order valence-corrected chi connectivity index (χ3v) is 10.1. The van der Waals surface area contributed by atoms with Gasteiger partial charge >= 0.3 is 0 Å². The molecule has 6 rings (SSSR count). The summed E-state index contributed by atoms with van der Waals surface area (Å²) in [5, 5.41) is 25.9. The van der Waals surface area contributed by atoms with Crippen molar-refractivity contribution in [3.8, 4) is 6.07 Å². The number of piperidine rings is 1. The number of carbonyl (C=O) groups is 3. The lowest BCUT2D eigenvalue weighted by Crippen LogP contribution is -2.46. The maximum atomic E-state index is 13.9. The molecule has 0 spiro atoms. The predicted molar refractivity (Wildman–Crippen MR) is 185 cm³/mol. The number of hydrogen-bond acceptors (Lipinski definition) is 6. The molecule has 1 aliphatic heterocycles. The van der Waals surface area contributed by atoms with E-state index < -0.39 is 17.3 Å². The molecule has 2 fully saturated rings. The fourth-order valence-corrected chi connectivity index (χ4v) is 7.57. The van der Waals surface area contributed by atoms with Gasteiger partial charge < -0.3 is 25.3 Å². The Kier molecular flexibility index (Phi) is 9.27. The minimum absolute atomic E-state index is 0.0580. The number of benzene rings is 3. The minimum atomic E-state index is -1.10. The summed E-state index contributed by atoms with van der Waals surface area (Å²) in [6, 6.07) is 19.1. The van der Waals surface area contributed by atoms with E-state index in [0.717, 1.165) is 35.1 Å². The number of aryl methyl sites for hydroxylation is 2. The Bertz CT molecular complexity index is 1780. The number of amides is 3. The van der Waals surface area contributed by atoms with Crippen molar-refractivity contribution in [2.24, 2.45) is 5.92 Å². The lowest BCUT2D eigenvalue weighted by Gasteiger charge is -2.38. The molecule has 11 heteroatoms. The highest BCUT2D eigenvalue weighted by molar-refractivity contribution is 6.05. The number of nitrogens with zero attached hydrogens (tertiary/aromatic N) is 4. The van der Waals surface area contributed by atoms with E-state index in [1.54, 1.807) is 57.4 Å². The molecule has 0 aromatic heterocycles. The fraction of sp³-hybridized carbons (Fsp3) is 0.395. The van der Waals surface area contributed by atoms with Crippen LogP contribution in [0.25, 0.3) is 0 Å². The zero-order valence-electron chi connectivity index (χ0n) is 28.3. The number of anilines is 1. The van der Waals surface area contributed by atoms with Gasteiger partial charge in [0.15, 0.2) is 0 Å². The Morgan fingerprint density at radius 3 is 2.02 bits per heavy atom. The summed E-state index contributed by atoms with van der Waals surface area (Å²) in [5.74, 6) is -0.211. The summed E-state index contributed by atoms with van der Waals surface area (Å²) < 4.78 is 13.9. The largest absolute Gasteiger partial charge is 0.345 e. The van der Waals surface area contributed by atoms with Crippen LogP contribution in [0.2, 0.25) is 0 Å². The van der Waals surface area contributed by atoms with Crippen molar-refractivity contribution in [2.45, 2.75) is 49.6 Å². The highest BCUT2D eigenvalue weighted by Gasteiger charge is 2.54. The molecule has 3 N–H and O–H groups in total. The topological polar surface area (TPSA) is 133 Å². The number of likely N-dealkylation sites (tertiary alicyclic amines) is 1. The lowest BCUT2D eigenvalue weighted by molar-refractivity contribution is -0.131. The van der Waals surface area contributed by atoms with Crippen LogP contribution < -0.4 is 10.6 Å². The van der Waals surface area contributed by atoms with E-state index in [1.165, 1.54) is 21.9 Å². The first-order valence-corrected chi connectivity index (χ1v) is 16.7. The number of fused-ring (bicyclic) bond motifs is 3. The van der Waals surface area contributed by atoms with Crippen LogP contribution in [0.3, 0.4) is 0 Å². The molecule has 49 heavy (non-hydrogen) atoms. The standard InChI is InChI=1S/C38H42FN7O3/c1-44(2)35(48)25-7-13-31-23(17-25)5-6-24-18-26(36(49)45(3)4)8-14-32(24)38(31,37(41)43-29-11-9-28(39)10-12-29)15-16-42-22-34(47)46-30(21-40)19-27-20-33(27)46/h7-14,17-18,27,30,33,42H,5-6,15-16,19-20,22H2,1-4H3,(H2,41,43)/t27-,30+,33+/m1/s1. The monoisotopic (exact) mass is 663 g/mol. The van der Waals surface area contributed by atoms with Crippen molar-refractivity contribution in [2.75, 3.05) is 46.6 Å². The quantitative estimate of drug-likeness (QED) is 0.179. The van der Waals surface area contributed by atoms with E-state index in [-0.39, 0.29) is 36.1 Å². The summed E-state index contributed by atoms with van der Waals surface area (Å²) >= 11 is 0. The molecule has 3 aromatic rings. The Hall–Kier alpha value is -5.08. The molecule has 3 aliphatic rings. The molecule has 3 aromatic carbocycles. The third-order valence-electron chi connectivity index (χ3n) is 10.1. The van der Waals surface area contributed by atoms with Crippen LogP contribution in [0, 0.1) is 28.5 Å². The Balaban J connectivity index is 1.42. The van der Waals surface area contributed by atoms with Gasteiger partial charge in [0.2, 0.25) is 5.91 Å². The van der Waals surface area contributed by atoms with E-state index in [2.05, 4.69) is 16.7 Å². The third kappa shape index (κ3) is 6.41. The van der Waals surface area contributed by atoms with Gasteiger partial charge in [-0.25, -0.2) is 4.39 Å². The zero-order chi connectivity index (χ0) is 35.0. The molecular formula is C38H42FN7O3. The molecule has 3 amide bonds. The fourth-order valence-electron chi connectivity index (χ4n) is 7.57. The number of nitriles is 1. The van der Waals surface area contributed by atoms with E-state index in [1.807, 2.05) is 24.3 Å².